The lowest BCUT2D eigenvalue weighted by Gasteiger charge is -2.32. The Morgan fingerprint density at radius 1 is 1.27 bits per heavy atom. The molecule has 0 aromatic carbocycles. The Bertz CT molecular complexity index is 171. The van der Waals surface area contributed by atoms with Crippen LogP contribution in [-0.2, 0) is 4.74 Å². The average molecular weight is 214 g/mol. The zero-order valence-corrected chi connectivity index (χ0v) is 10.5. The van der Waals surface area contributed by atoms with Crippen LogP contribution in [0.15, 0.2) is 0 Å². The molecule has 0 heterocycles. The van der Waals surface area contributed by atoms with Gasteiger partial charge in [0.25, 0.3) is 0 Å². The van der Waals surface area contributed by atoms with E-state index < -0.39 is 0 Å². The average Bonchev–Trinajstić information content (AvgIpc) is 2.64. The summed E-state index contributed by atoms with van der Waals surface area (Å²) in [6, 6.07) is 0. The Hall–Kier alpha value is -0.0800. The molecule has 0 bridgehead atoms. The summed E-state index contributed by atoms with van der Waals surface area (Å²) in [5.41, 5.74) is 0.0897. The van der Waals surface area contributed by atoms with Crippen molar-refractivity contribution >= 4 is 0 Å². The van der Waals surface area contributed by atoms with E-state index in [1.807, 2.05) is 0 Å². The second-order valence-electron chi connectivity index (χ2n) is 5.27. The summed E-state index contributed by atoms with van der Waals surface area (Å²) in [6.07, 6.45) is 7.00. The molecule has 2 atom stereocenters. The minimum Gasteiger partial charge on any atom is -0.391 e. The van der Waals surface area contributed by atoms with Gasteiger partial charge in [0, 0.05) is 0 Å². The topological polar surface area (TPSA) is 29.5 Å². The summed E-state index contributed by atoms with van der Waals surface area (Å²) < 4.78 is 5.97. The molecule has 0 aromatic heterocycles. The van der Waals surface area contributed by atoms with Gasteiger partial charge in [0.05, 0.1) is 18.3 Å². The minimum absolute atomic E-state index is 0.0897. The Morgan fingerprint density at radius 2 is 1.87 bits per heavy atom. The van der Waals surface area contributed by atoms with Gasteiger partial charge in [0.15, 0.2) is 0 Å². The summed E-state index contributed by atoms with van der Waals surface area (Å²) in [7, 11) is 0. The van der Waals surface area contributed by atoms with E-state index in [1.54, 1.807) is 6.92 Å². The van der Waals surface area contributed by atoms with E-state index in [0.717, 1.165) is 12.3 Å². The zero-order valence-electron chi connectivity index (χ0n) is 10.5. The fraction of sp³-hybridized carbons (Fsp3) is 1.00. The van der Waals surface area contributed by atoms with Gasteiger partial charge in [0.1, 0.15) is 0 Å². The number of aliphatic hydroxyl groups excluding tert-OH is 1. The molecule has 2 unspecified atom stereocenters. The molecule has 15 heavy (non-hydrogen) atoms. The molecule has 90 valence electrons. The van der Waals surface area contributed by atoms with Gasteiger partial charge in [-0.25, -0.2) is 0 Å². The highest BCUT2D eigenvalue weighted by atomic mass is 16.5. The maximum Gasteiger partial charge on any atom is 0.0745 e. The van der Waals surface area contributed by atoms with E-state index in [2.05, 4.69) is 13.8 Å². The molecule has 1 fully saturated rings. The smallest absolute Gasteiger partial charge is 0.0745 e. The van der Waals surface area contributed by atoms with Crippen molar-refractivity contribution in [1.29, 1.82) is 0 Å². The van der Waals surface area contributed by atoms with Crippen LogP contribution in [0.25, 0.3) is 0 Å². The van der Waals surface area contributed by atoms with Crippen LogP contribution >= 0.6 is 0 Å². The van der Waals surface area contributed by atoms with E-state index in [0.29, 0.717) is 6.61 Å². The van der Waals surface area contributed by atoms with Crippen LogP contribution in [0.5, 0.6) is 0 Å². The second kappa shape index (κ2) is 5.86. The fourth-order valence-corrected chi connectivity index (χ4v) is 2.50. The monoisotopic (exact) mass is 214 g/mol. The molecule has 1 N–H and O–H groups in total. The molecule has 0 amide bonds. The first-order chi connectivity index (χ1) is 7.08. The van der Waals surface area contributed by atoms with Crippen LogP contribution < -0.4 is 0 Å². The highest BCUT2D eigenvalue weighted by molar-refractivity contribution is 4.88. The van der Waals surface area contributed by atoms with Crippen molar-refractivity contribution in [2.24, 2.45) is 5.92 Å². The van der Waals surface area contributed by atoms with Crippen molar-refractivity contribution in [2.75, 3.05) is 6.61 Å². The zero-order chi connectivity index (χ0) is 11.3. The van der Waals surface area contributed by atoms with Crippen molar-refractivity contribution in [3.05, 3.63) is 0 Å². The molecule has 1 aliphatic rings. The molecular weight excluding hydrogens is 188 g/mol. The maximum atomic E-state index is 9.29. The van der Waals surface area contributed by atoms with Crippen LogP contribution in [0.3, 0.4) is 0 Å². The predicted octanol–water partition coefficient (Wildman–Crippen LogP) is 3.13. The van der Waals surface area contributed by atoms with E-state index in [1.165, 1.54) is 32.1 Å². The highest BCUT2D eigenvalue weighted by Crippen LogP contribution is 2.39. The maximum absolute atomic E-state index is 9.29. The Kier molecular flexibility index (Phi) is 5.07. The normalized spacial score (nSPS) is 24.0. The largest absolute Gasteiger partial charge is 0.391 e. The molecule has 1 rings (SSSR count). The lowest BCUT2D eigenvalue weighted by atomic mass is 9.88. The molecule has 2 heteroatoms. The summed E-state index contributed by atoms with van der Waals surface area (Å²) in [5.74, 6) is 0.733. The molecule has 0 spiro atoms. The first kappa shape index (κ1) is 13.0. The molecule has 0 aliphatic heterocycles. The van der Waals surface area contributed by atoms with E-state index >= 15 is 0 Å². The molecular formula is C13H26O2. The third kappa shape index (κ3) is 4.12. The van der Waals surface area contributed by atoms with Gasteiger partial charge in [-0.05, 0) is 32.1 Å². The van der Waals surface area contributed by atoms with Crippen molar-refractivity contribution in [3.63, 3.8) is 0 Å². The van der Waals surface area contributed by atoms with Crippen LogP contribution in [0.1, 0.15) is 59.3 Å². The minimum atomic E-state index is -0.334. The van der Waals surface area contributed by atoms with Gasteiger partial charge in [-0.2, -0.15) is 0 Å². The lowest BCUT2D eigenvalue weighted by molar-refractivity contribution is -0.0840. The number of ether oxygens (including phenoxy) is 1. The summed E-state index contributed by atoms with van der Waals surface area (Å²) >= 11 is 0. The highest BCUT2D eigenvalue weighted by Gasteiger charge is 2.35. The Balaban J connectivity index is 2.46. The first-order valence-corrected chi connectivity index (χ1v) is 6.40. The summed E-state index contributed by atoms with van der Waals surface area (Å²) in [5, 5.41) is 9.29. The standard InChI is InChI=1S/C13H26O2/c1-4-11(2)9-13(7-5-6-8-13)15-10-12(3)14/h11-12,14H,4-10H2,1-3H3. The molecule has 1 saturated carbocycles. The van der Waals surface area contributed by atoms with Gasteiger partial charge in [0.2, 0.25) is 0 Å². The summed E-state index contributed by atoms with van der Waals surface area (Å²) in [4.78, 5) is 0. The summed E-state index contributed by atoms with van der Waals surface area (Å²) in [6.45, 7) is 6.83. The number of aliphatic hydroxyl groups is 1. The van der Waals surface area contributed by atoms with Crippen molar-refractivity contribution in [3.8, 4) is 0 Å². The molecule has 0 aromatic rings. The van der Waals surface area contributed by atoms with Crippen LogP contribution in [0, 0.1) is 5.92 Å². The van der Waals surface area contributed by atoms with E-state index in [4.69, 9.17) is 4.74 Å². The molecule has 0 saturated heterocycles. The number of hydrogen-bond acceptors (Lipinski definition) is 2. The van der Waals surface area contributed by atoms with E-state index in [-0.39, 0.29) is 11.7 Å². The van der Waals surface area contributed by atoms with Crippen LogP contribution in [-0.4, -0.2) is 23.4 Å². The fourth-order valence-electron chi connectivity index (χ4n) is 2.50. The lowest BCUT2D eigenvalue weighted by Crippen LogP contribution is -2.33. The van der Waals surface area contributed by atoms with Gasteiger partial charge in [-0.15, -0.1) is 0 Å². The predicted molar refractivity (Wildman–Crippen MR) is 62.9 cm³/mol. The second-order valence-corrected chi connectivity index (χ2v) is 5.27. The Morgan fingerprint density at radius 3 is 2.33 bits per heavy atom. The van der Waals surface area contributed by atoms with Gasteiger partial charge >= 0.3 is 0 Å². The van der Waals surface area contributed by atoms with Gasteiger partial charge in [-0.3, -0.25) is 0 Å². The SMILES string of the molecule is CCC(C)CC1(OCC(C)O)CCCC1. The number of hydrogen-bond donors (Lipinski definition) is 1. The Labute approximate surface area is 94.0 Å². The van der Waals surface area contributed by atoms with Crippen LogP contribution in [0.4, 0.5) is 0 Å². The van der Waals surface area contributed by atoms with Crippen molar-refractivity contribution in [1.82, 2.24) is 0 Å². The van der Waals surface area contributed by atoms with Crippen LogP contribution in [0.2, 0.25) is 0 Å². The van der Waals surface area contributed by atoms with Crippen molar-refractivity contribution < 1.29 is 9.84 Å². The number of rotatable bonds is 6. The molecule has 0 radical (unpaired) electrons. The quantitative estimate of drug-likeness (QED) is 0.736. The molecule has 1 aliphatic carbocycles. The van der Waals surface area contributed by atoms with E-state index in [9.17, 15) is 5.11 Å². The van der Waals surface area contributed by atoms with Crippen molar-refractivity contribution in [2.45, 2.75) is 71.0 Å². The van der Waals surface area contributed by atoms with Gasteiger partial charge in [-0.1, -0.05) is 33.1 Å². The third-order valence-electron chi connectivity index (χ3n) is 3.56. The van der Waals surface area contributed by atoms with Gasteiger partial charge < -0.3 is 9.84 Å². The molecule has 2 nitrogen and oxygen atoms in total. The third-order valence-corrected chi connectivity index (χ3v) is 3.56. The first-order valence-electron chi connectivity index (χ1n) is 6.40.